The highest BCUT2D eigenvalue weighted by Gasteiger charge is 2.21. The molecule has 0 aromatic carbocycles. The summed E-state index contributed by atoms with van der Waals surface area (Å²) in [7, 11) is 0. The van der Waals surface area contributed by atoms with Gasteiger partial charge >= 0.3 is 0 Å². The van der Waals surface area contributed by atoms with E-state index in [0.29, 0.717) is 12.1 Å². The average molecular weight is 239 g/mol. The summed E-state index contributed by atoms with van der Waals surface area (Å²) in [5, 5.41) is 3.67. The molecule has 2 atom stereocenters. The summed E-state index contributed by atoms with van der Waals surface area (Å²) in [5.74, 6) is 1.16. The molecule has 0 radical (unpaired) electrons. The van der Waals surface area contributed by atoms with E-state index in [0.717, 1.165) is 12.3 Å². The first-order valence-electron chi connectivity index (χ1n) is 6.06. The van der Waals surface area contributed by atoms with Crippen LogP contribution in [-0.4, -0.2) is 27.6 Å². The van der Waals surface area contributed by atoms with E-state index in [1.165, 1.54) is 25.0 Å². The zero-order valence-electron chi connectivity index (χ0n) is 10.1. The van der Waals surface area contributed by atoms with Crippen molar-refractivity contribution in [1.82, 2.24) is 14.9 Å². The predicted molar refractivity (Wildman–Crippen MR) is 69.8 cm³/mol. The fraction of sp³-hybridized carbons (Fsp3) is 0.750. The molecule has 16 heavy (non-hydrogen) atoms. The van der Waals surface area contributed by atoms with Gasteiger partial charge in [0.05, 0.1) is 12.0 Å². The van der Waals surface area contributed by atoms with Crippen LogP contribution >= 0.6 is 11.8 Å². The molecule has 2 rings (SSSR count). The Balaban J connectivity index is 2.04. The van der Waals surface area contributed by atoms with Crippen molar-refractivity contribution in [1.29, 1.82) is 0 Å². The fourth-order valence-electron chi connectivity index (χ4n) is 2.37. The van der Waals surface area contributed by atoms with Gasteiger partial charge in [0.1, 0.15) is 0 Å². The van der Waals surface area contributed by atoms with Crippen LogP contribution in [0.3, 0.4) is 0 Å². The smallest absolute Gasteiger partial charge is 0.0948 e. The Labute approximate surface area is 102 Å². The van der Waals surface area contributed by atoms with Crippen molar-refractivity contribution >= 4 is 11.8 Å². The number of hydrogen-bond acceptors (Lipinski definition) is 3. The molecular weight excluding hydrogens is 218 g/mol. The van der Waals surface area contributed by atoms with Gasteiger partial charge in [-0.05, 0) is 32.4 Å². The maximum Gasteiger partial charge on any atom is 0.0948 e. The predicted octanol–water partition coefficient (Wildman–Crippen LogP) is 2.45. The Morgan fingerprint density at radius 1 is 1.56 bits per heavy atom. The molecule has 1 N–H and O–H groups in total. The van der Waals surface area contributed by atoms with Crippen molar-refractivity contribution in [3.8, 4) is 0 Å². The first-order valence-corrected chi connectivity index (χ1v) is 7.45. The van der Waals surface area contributed by atoms with Gasteiger partial charge in [0.2, 0.25) is 0 Å². The Bertz CT molecular complexity index is 324. The van der Waals surface area contributed by atoms with E-state index in [4.69, 9.17) is 0 Å². The number of imidazole rings is 1. The van der Waals surface area contributed by atoms with Gasteiger partial charge in [0.25, 0.3) is 0 Å². The lowest BCUT2D eigenvalue weighted by molar-refractivity contribution is 0.330. The maximum absolute atomic E-state index is 4.29. The van der Waals surface area contributed by atoms with Gasteiger partial charge in [-0.1, -0.05) is 0 Å². The minimum Gasteiger partial charge on any atom is -0.332 e. The molecular formula is C12H21N3S. The van der Waals surface area contributed by atoms with E-state index in [2.05, 4.69) is 28.0 Å². The van der Waals surface area contributed by atoms with E-state index in [1.807, 2.05) is 24.3 Å². The van der Waals surface area contributed by atoms with E-state index >= 15 is 0 Å². The molecule has 1 aromatic rings. The van der Waals surface area contributed by atoms with Gasteiger partial charge in [-0.3, -0.25) is 0 Å². The van der Waals surface area contributed by atoms with E-state index in [-0.39, 0.29) is 0 Å². The van der Waals surface area contributed by atoms with Crippen LogP contribution in [0.1, 0.15) is 37.9 Å². The molecule has 0 amide bonds. The lowest BCUT2D eigenvalue weighted by atomic mass is 9.98. The topological polar surface area (TPSA) is 29.9 Å². The maximum atomic E-state index is 4.29. The van der Waals surface area contributed by atoms with Crippen molar-refractivity contribution in [2.45, 2.75) is 44.8 Å². The summed E-state index contributed by atoms with van der Waals surface area (Å²) >= 11 is 1.89. The molecule has 1 aliphatic heterocycles. The standard InChI is InChI=1S/C12H21N3S/c1-10-4-3-5-11(14-10)12-8-13-9-15(12)6-7-16-2/h8-11,14H,3-7H2,1-2H3. The minimum absolute atomic E-state index is 0.508. The summed E-state index contributed by atoms with van der Waals surface area (Å²) in [6, 6.07) is 1.15. The monoisotopic (exact) mass is 239 g/mol. The van der Waals surface area contributed by atoms with Gasteiger partial charge in [-0.2, -0.15) is 11.8 Å². The van der Waals surface area contributed by atoms with Crippen molar-refractivity contribution < 1.29 is 0 Å². The molecule has 0 aliphatic carbocycles. The number of piperidine rings is 1. The number of aromatic nitrogens is 2. The van der Waals surface area contributed by atoms with Crippen LogP contribution in [0.25, 0.3) is 0 Å². The van der Waals surface area contributed by atoms with Crippen molar-refractivity contribution in [3.05, 3.63) is 18.2 Å². The molecule has 3 nitrogen and oxygen atoms in total. The summed E-state index contributed by atoms with van der Waals surface area (Å²) in [6.07, 6.45) is 10.0. The second-order valence-corrected chi connectivity index (χ2v) is 5.54. The van der Waals surface area contributed by atoms with Gasteiger partial charge < -0.3 is 9.88 Å². The van der Waals surface area contributed by atoms with Gasteiger partial charge in [-0.15, -0.1) is 0 Å². The van der Waals surface area contributed by atoms with Crippen molar-refractivity contribution in [3.63, 3.8) is 0 Å². The Morgan fingerprint density at radius 3 is 3.19 bits per heavy atom. The lowest BCUT2D eigenvalue weighted by Crippen LogP contribution is -2.35. The summed E-state index contributed by atoms with van der Waals surface area (Å²) < 4.78 is 2.30. The third-order valence-electron chi connectivity index (χ3n) is 3.25. The highest BCUT2D eigenvalue weighted by molar-refractivity contribution is 7.98. The Morgan fingerprint density at radius 2 is 2.44 bits per heavy atom. The molecule has 4 heteroatoms. The normalized spacial score (nSPS) is 25.9. The Hall–Kier alpha value is -0.480. The first-order chi connectivity index (χ1) is 7.81. The highest BCUT2D eigenvalue weighted by Crippen LogP contribution is 2.25. The van der Waals surface area contributed by atoms with Gasteiger partial charge in [0, 0.05) is 30.6 Å². The average Bonchev–Trinajstić information content (AvgIpc) is 2.74. The van der Waals surface area contributed by atoms with E-state index < -0.39 is 0 Å². The van der Waals surface area contributed by atoms with Crippen molar-refractivity contribution in [2.75, 3.05) is 12.0 Å². The minimum atomic E-state index is 0.508. The number of rotatable bonds is 4. The Kier molecular flexibility index (Phi) is 4.29. The van der Waals surface area contributed by atoms with Crippen LogP contribution in [0, 0.1) is 0 Å². The molecule has 2 unspecified atom stereocenters. The molecule has 1 saturated heterocycles. The molecule has 1 aromatic heterocycles. The van der Waals surface area contributed by atoms with Crippen LogP contribution < -0.4 is 5.32 Å². The molecule has 0 bridgehead atoms. The third kappa shape index (κ3) is 2.80. The largest absolute Gasteiger partial charge is 0.332 e. The number of nitrogens with zero attached hydrogens (tertiary/aromatic N) is 2. The zero-order chi connectivity index (χ0) is 11.4. The number of thioether (sulfide) groups is 1. The van der Waals surface area contributed by atoms with Crippen LogP contribution in [0.5, 0.6) is 0 Å². The van der Waals surface area contributed by atoms with E-state index in [1.54, 1.807) is 0 Å². The van der Waals surface area contributed by atoms with E-state index in [9.17, 15) is 0 Å². The van der Waals surface area contributed by atoms with Crippen LogP contribution in [0.2, 0.25) is 0 Å². The van der Waals surface area contributed by atoms with Gasteiger partial charge in [0.15, 0.2) is 0 Å². The zero-order valence-corrected chi connectivity index (χ0v) is 11.0. The second kappa shape index (κ2) is 5.73. The third-order valence-corrected chi connectivity index (χ3v) is 3.84. The molecule has 0 saturated carbocycles. The second-order valence-electron chi connectivity index (χ2n) is 4.56. The quantitative estimate of drug-likeness (QED) is 0.875. The van der Waals surface area contributed by atoms with Crippen LogP contribution in [0.4, 0.5) is 0 Å². The summed E-state index contributed by atoms with van der Waals surface area (Å²) in [6.45, 7) is 3.35. The van der Waals surface area contributed by atoms with Crippen molar-refractivity contribution in [2.24, 2.45) is 0 Å². The number of nitrogens with one attached hydrogen (secondary N) is 1. The lowest BCUT2D eigenvalue weighted by Gasteiger charge is -2.29. The fourth-order valence-corrected chi connectivity index (χ4v) is 2.75. The molecule has 0 spiro atoms. The number of aryl methyl sites for hydroxylation is 1. The molecule has 90 valence electrons. The highest BCUT2D eigenvalue weighted by atomic mass is 32.2. The van der Waals surface area contributed by atoms with Crippen LogP contribution in [0.15, 0.2) is 12.5 Å². The molecule has 1 fully saturated rings. The van der Waals surface area contributed by atoms with Gasteiger partial charge in [-0.25, -0.2) is 4.98 Å². The summed E-state index contributed by atoms with van der Waals surface area (Å²) in [5.41, 5.74) is 1.36. The molecule has 2 heterocycles. The van der Waals surface area contributed by atoms with Crippen LogP contribution in [-0.2, 0) is 6.54 Å². The summed E-state index contributed by atoms with van der Waals surface area (Å²) in [4.78, 5) is 4.29. The first kappa shape index (κ1) is 12.0. The molecule has 1 aliphatic rings. The number of hydrogen-bond donors (Lipinski definition) is 1. The SMILES string of the molecule is CSCCn1cncc1C1CCCC(C)N1.